The molecular weight excluding hydrogens is 479 g/mol. The third-order valence-corrected chi connectivity index (χ3v) is 5.53. The molecule has 0 bridgehead atoms. The number of hydrogen-bond acceptors (Lipinski definition) is 6. The van der Waals surface area contributed by atoms with Crippen molar-refractivity contribution in [3.63, 3.8) is 0 Å². The van der Waals surface area contributed by atoms with Gasteiger partial charge < -0.3 is 24.8 Å². The topological polar surface area (TPSA) is 106 Å². The van der Waals surface area contributed by atoms with Crippen LogP contribution in [0.25, 0.3) is 0 Å². The van der Waals surface area contributed by atoms with Crippen molar-refractivity contribution < 1.29 is 28.6 Å². The molecule has 10 heteroatoms. The van der Waals surface area contributed by atoms with E-state index in [1.807, 2.05) is 0 Å². The number of fused-ring (bicyclic) bond motifs is 1. The summed E-state index contributed by atoms with van der Waals surface area (Å²) in [7, 11) is 1.58. The molecule has 0 saturated heterocycles. The van der Waals surface area contributed by atoms with E-state index in [0.29, 0.717) is 28.3 Å². The van der Waals surface area contributed by atoms with Crippen LogP contribution in [0.2, 0.25) is 0 Å². The molecule has 192 valence electrons. The van der Waals surface area contributed by atoms with Gasteiger partial charge in [-0.3, -0.25) is 4.79 Å². The summed E-state index contributed by atoms with van der Waals surface area (Å²) in [6, 6.07) is 9.81. The van der Waals surface area contributed by atoms with E-state index < -0.39 is 17.7 Å². The van der Waals surface area contributed by atoms with Crippen LogP contribution < -0.4 is 19.7 Å². The lowest BCUT2D eigenvalue weighted by Crippen LogP contribution is -2.50. The molecule has 0 spiro atoms. The van der Waals surface area contributed by atoms with Gasteiger partial charge in [-0.2, -0.15) is 9.78 Å². The smallest absolute Gasteiger partial charge is 0.342 e. The van der Waals surface area contributed by atoms with Crippen molar-refractivity contribution in [3.8, 4) is 23.3 Å². The summed E-state index contributed by atoms with van der Waals surface area (Å²) in [5, 5.41) is 16.4. The zero-order valence-corrected chi connectivity index (χ0v) is 20.7. The first-order valence-electron chi connectivity index (χ1n) is 11.6. The van der Waals surface area contributed by atoms with E-state index in [2.05, 4.69) is 22.3 Å². The molecular formula is C27H27FN4O5. The number of ether oxygens (including phenoxy) is 2. The molecule has 1 aliphatic heterocycles. The van der Waals surface area contributed by atoms with Crippen LogP contribution in [-0.2, 0) is 11.2 Å². The van der Waals surface area contributed by atoms with Crippen LogP contribution in [0.15, 0.2) is 54.9 Å². The van der Waals surface area contributed by atoms with Gasteiger partial charge in [0.2, 0.25) is 0 Å². The van der Waals surface area contributed by atoms with Crippen LogP contribution in [0.4, 0.5) is 14.9 Å². The van der Waals surface area contributed by atoms with Crippen molar-refractivity contribution in [3.05, 3.63) is 71.8 Å². The second kappa shape index (κ2) is 10.7. The Morgan fingerprint density at radius 2 is 2.11 bits per heavy atom. The number of anilines is 1. The number of carbonyl (C=O) groups excluding carboxylic acids is 2. The van der Waals surface area contributed by atoms with Crippen LogP contribution in [0.1, 0.15) is 25.0 Å². The highest BCUT2D eigenvalue weighted by molar-refractivity contribution is 6.00. The van der Waals surface area contributed by atoms with Gasteiger partial charge in [0.15, 0.2) is 0 Å². The largest absolute Gasteiger partial charge is 0.489 e. The molecule has 0 saturated carbocycles. The maximum absolute atomic E-state index is 13.9. The minimum atomic E-state index is -1.12. The molecule has 37 heavy (non-hydrogen) atoms. The fourth-order valence-electron chi connectivity index (χ4n) is 3.68. The third-order valence-electron chi connectivity index (χ3n) is 5.53. The summed E-state index contributed by atoms with van der Waals surface area (Å²) < 4.78 is 26.4. The van der Waals surface area contributed by atoms with Crippen molar-refractivity contribution in [2.75, 3.05) is 25.2 Å². The molecule has 9 nitrogen and oxygen atoms in total. The van der Waals surface area contributed by atoms with E-state index in [0.717, 1.165) is 4.68 Å². The Kier molecular flexibility index (Phi) is 7.45. The van der Waals surface area contributed by atoms with Crippen molar-refractivity contribution in [2.45, 2.75) is 31.9 Å². The molecule has 0 radical (unpaired) electrons. The van der Waals surface area contributed by atoms with Crippen LogP contribution in [0.5, 0.6) is 11.5 Å². The number of aliphatic hydroxyl groups is 1. The maximum atomic E-state index is 13.9. The monoisotopic (exact) mass is 506 g/mol. The van der Waals surface area contributed by atoms with Crippen molar-refractivity contribution in [2.24, 2.45) is 0 Å². The van der Waals surface area contributed by atoms with E-state index in [4.69, 9.17) is 9.47 Å². The summed E-state index contributed by atoms with van der Waals surface area (Å²) in [5.74, 6) is 5.60. The number of aromatic nitrogens is 2. The first kappa shape index (κ1) is 25.7. The quantitative estimate of drug-likeness (QED) is 0.516. The van der Waals surface area contributed by atoms with Crippen LogP contribution >= 0.6 is 0 Å². The molecule has 2 heterocycles. The lowest BCUT2D eigenvalue weighted by Gasteiger charge is -2.20. The van der Waals surface area contributed by atoms with Gasteiger partial charge in [-0.1, -0.05) is 30.0 Å². The standard InChI is InChI=1S/C27H27FN4O5/c1-27(2,35)11-6-12-36-20-9-10-24-23(14-20)31(3)25(33)22(17-37-24)30-26(34)32-16-18(15-29-32)13-19-7-4-5-8-21(19)28/h4-5,7-10,14-16,22,35H,12-13,17H2,1-3H3,(H,30,34)/t22-/m0/s1. The normalized spacial score (nSPS) is 15.1. The molecule has 1 atom stereocenters. The molecule has 4 rings (SSSR count). The minimum absolute atomic E-state index is 0.0583. The number of rotatable bonds is 5. The van der Waals surface area contributed by atoms with E-state index in [9.17, 15) is 19.1 Å². The molecule has 0 unspecified atom stereocenters. The number of nitrogens with one attached hydrogen (secondary N) is 1. The first-order valence-corrected chi connectivity index (χ1v) is 11.6. The molecule has 1 aromatic heterocycles. The van der Waals surface area contributed by atoms with Gasteiger partial charge in [0.25, 0.3) is 5.91 Å². The number of likely N-dealkylation sites (N-methyl/N-ethyl adjacent to an activating group) is 1. The molecule has 1 aliphatic rings. The maximum Gasteiger partial charge on any atom is 0.342 e. The Balaban J connectivity index is 1.40. The van der Waals surface area contributed by atoms with Crippen LogP contribution in [0, 0.1) is 17.7 Å². The lowest BCUT2D eigenvalue weighted by molar-refractivity contribution is -0.120. The van der Waals surface area contributed by atoms with Crippen molar-refractivity contribution in [1.29, 1.82) is 0 Å². The zero-order chi connectivity index (χ0) is 26.6. The highest BCUT2D eigenvalue weighted by atomic mass is 19.1. The molecule has 2 N–H and O–H groups in total. The second-order valence-electron chi connectivity index (χ2n) is 9.05. The summed E-state index contributed by atoms with van der Waals surface area (Å²) in [6.45, 7) is 3.13. The summed E-state index contributed by atoms with van der Waals surface area (Å²) >= 11 is 0. The van der Waals surface area contributed by atoms with Gasteiger partial charge in [0.05, 0.1) is 11.9 Å². The van der Waals surface area contributed by atoms with Gasteiger partial charge >= 0.3 is 6.03 Å². The van der Waals surface area contributed by atoms with Gasteiger partial charge in [-0.15, -0.1) is 0 Å². The van der Waals surface area contributed by atoms with Gasteiger partial charge in [0.1, 0.15) is 42.2 Å². The number of halogens is 1. The summed E-state index contributed by atoms with van der Waals surface area (Å²) in [5.41, 5.74) is 0.491. The molecule has 2 amide bonds. The highest BCUT2D eigenvalue weighted by Crippen LogP contribution is 2.34. The van der Waals surface area contributed by atoms with Crippen LogP contribution in [0.3, 0.4) is 0 Å². The molecule has 0 fully saturated rings. The van der Waals surface area contributed by atoms with Gasteiger partial charge in [0, 0.05) is 25.7 Å². The fraction of sp³-hybridized carbons (Fsp3) is 0.296. The Hall–Kier alpha value is -4.36. The second-order valence-corrected chi connectivity index (χ2v) is 9.05. The van der Waals surface area contributed by atoms with Crippen molar-refractivity contribution in [1.82, 2.24) is 15.1 Å². The summed E-state index contributed by atoms with van der Waals surface area (Å²) in [4.78, 5) is 27.3. The summed E-state index contributed by atoms with van der Waals surface area (Å²) in [6.07, 6.45) is 3.25. The van der Waals surface area contributed by atoms with Crippen LogP contribution in [-0.4, -0.2) is 58.7 Å². The minimum Gasteiger partial charge on any atom is -0.489 e. The van der Waals surface area contributed by atoms with E-state index >= 15 is 0 Å². The first-order chi connectivity index (χ1) is 17.6. The third kappa shape index (κ3) is 6.45. The average molecular weight is 507 g/mol. The van der Waals surface area contributed by atoms with E-state index in [-0.39, 0.29) is 31.4 Å². The SMILES string of the molecule is CN1C(=O)[C@@H](NC(=O)n2cc(Cc3ccccc3F)cn2)COc2ccc(OCC#CC(C)(C)O)cc21. The zero-order valence-electron chi connectivity index (χ0n) is 20.7. The average Bonchev–Trinajstić information content (AvgIpc) is 3.29. The Bertz CT molecular complexity index is 1370. The lowest BCUT2D eigenvalue weighted by atomic mass is 10.1. The van der Waals surface area contributed by atoms with E-state index in [1.54, 1.807) is 57.3 Å². The van der Waals surface area contributed by atoms with Crippen molar-refractivity contribution >= 4 is 17.6 Å². The van der Waals surface area contributed by atoms with Gasteiger partial charge in [-0.05, 0) is 43.2 Å². The van der Waals surface area contributed by atoms with E-state index in [1.165, 1.54) is 23.4 Å². The van der Waals surface area contributed by atoms with Gasteiger partial charge in [-0.25, -0.2) is 9.18 Å². The predicted octanol–water partition coefficient (Wildman–Crippen LogP) is 2.75. The number of hydrogen-bond donors (Lipinski definition) is 2. The molecule has 2 aromatic carbocycles. The Morgan fingerprint density at radius 3 is 2.86 bits per heavy atom. The molecule has 3 aromatic rings. The number of nitrogens with zero attached hydrogens (tertiary/aromatic N) is 3. The number of amides is 2. The Labute approximate surface area is 213 Å². The Morgan fingerprint density at radius 1 is 1.32 bits per heavy atom. The molecule has 0 aliphatic carbocycles. The number of carbonyl (C=O) groups is 2. The number of benzene rings is 2. The fourth-order valence-corrected chi connectivity index (χ4v) is 3.68. The highest BCUT2D eigenvalue weighted by Gasteiger charge is 2.31. The predicted molar refractivity (Wildman–Crippen MR) is 134 cm³/mol.